The van der Waals surface area contributed by atoms with Crippen molar-refractivity contribution < 1.29 is 14.6 Å². The smallest absolute Gasteiger partial charge is 0.231 e. The fourth-order valence-corrected chi connectivity index (χ4v) is 2.68. The Bertz CT molecular complexity index is 448. The Balaban J connectivity index is 1.78. The van der Waals surface area contributed by atoms with Gasteiger partial charge in [-0.25, -0.2) is 0 Å². The first kappa shape index (κ1) is 12.3. The summed E-state index contributed by atoms with van der Waals surface area (Å²) in [6, 6.07) is 3.87. The second-order valence-corrected chi connectivity index (χ2v) is 5.68. The summed E-state index contributed by atoms with van der Waals surface area (Å²) in [5.74, 6) is 2.28. The molecule has 0 spiro atoms. The number of hydrogen-bond acceptors (Lipinski definition) is 4. The van der Waals surface area contributed by atoms with Crippen LogP contribution in [0.1, 0.15) is 24.4 Å². The van der Waals surface area contributed by atoms with Crippen LogP contribution in [-0.4, -0.2) is 25.1 Å². The van der Waals surface area contributed by atoms with E-state index in [0.717, 1.165) is 34.0 Å². The number of nitrogens with one attached hydrogen (secondary N) is 1. The van der Waals surface area contributed by atoms with Crippen molar-refractivity contribution in [3.05, 3.63) is 22.2 Å². The third-order valence-corrected chi connectivity index (χ3v) is 3.97. The Morgan fingerprint density at radius 1 is 1.39 bits per heavy atom. The SMILES string of the molecule is OCC(NCC1CC1)c1cc(Br)c2c(c1)OCO2. The number of rotatable bonds is 5. The molecule has 1 aliphatic heterocycles. The number of aliphatic hydroxyl groups excluding tert-OH is 1. The van der Waals surface area contributed by atoms with E-state index in [-0.39, 0.29) is 19.4 Å². The molecule has 2 N–H and O–H groups in total. The van der Waals surface area contributed by atoms with Gasteiger partial charge in [0, 0.05) is 0 Å². The number of ether oxygens (including phenoxy) is 2. The zero-order chi connectivity index (χ0) is 12.5. The van der Waals surface area contributed by atoms with Gasteiger partial charge in [-0.1, -0.05) is 0 Å². The van der Waals surface area contributed by atoms with Crippen LogP contribution in [0.5, 0.6) is 11.5 Å². The summed E-state index contributed by atoms with van der Waals surface area (Å²) >= 11 is 3.47. The highest BCUT2D eigenvalue weighted by atomic mass is 79.9. The van der Waals surface area contributed by atoms with Crippen LogP contribution < -0.4 is 14.8 Å². The summed E-state index contributed by atoms with van der Waals surface area (Å²) in [4.78, 5) is 0. The molecule has 1 aliphatic carbocycles. The number of fused-ring (bicyclic) bond motifs is 1. The molecule has 0 saturated heterocycles. The lowest BCUT2D eigenvalue weighted by molar-refractivity contribution is 0.173. The molecule has 1 fully saturated rings. The molecule has 0 bridgehead atoms. The van der Waals surface area contributed by atoms with E-state index in [4.69, 9.17) is 9.47 Å². The van der Waals surface area contributed by atoms with E-state index >= 15 is 0 Å². The summed E-state index contributed by atoms with van der Waals surface area (Å²) in [5.41, 5.74) is 1.02. The highest BCUT2D eigenvalue weighted by Gasteiger charge is 2.24. The molecule has 18 heavy (non-hydrogen) atoms. The Labute approximate surface area is 114 Å². The van der Waals surface area contributed by atoms with Crippen molar-refractivity contribution in [2.24, 2.45) is 5.92 Å². The second-order valence-electron chi connectivity index (χ2n) is 4.82. The molecule has 0 amide bonds. The summed E-state index contributed by atoms with van der Waals surface area (Å²) in [5, 5.41) is 12.9. The third-order valence-electron chi connectivity index (χ3n) is 3.38. The van der Waals surface area contributed by atoms with Crippen molar-refractivity contribution in [2.75, 3.05) is 19.9 Å². The number of halogens is 1. The van der Waals surface area contributed by atoms with Gasteiger partial charge in [0.25, 0.3) is 0 Å². The standard InChI is InChI=1S/C13H16BrNO3/c14-10-3-9(4-12-13(10)18-7-17-12)11(6-16)15-5-8-1-2-8/h3-4,8,11,15-16H,1-2,5-7H2. The molecule has 3 rings (SSSR count). The van der Waals surface area contributed by atoms with Crippen LogP contribution in [0.3, 0.4) is 0 Å². The summed E-state index contributed by atoms with van der Waals surface area (Å²) in [6.07, 6.45) is 2.60. The Hall–Kier alpha value is -0.780. The number of benzene rings is 1. The van der Waals surface area contributed by atoms with Crippen molar-refractivity contribution in [3.63, 3.8) is 0 Å². The second kappa shape index (κ2) is 5.07. The fraction of sp³-hybridized carbons (Fsp3) is 0.538. The van der Waals surface area contributed by atoms with Crippen LogP contribution in [0.2, 0.25) is 0 Å². The first-order chi connectivity index (χ1) is 8.78. The first-order valence-corrected chi connectivity index (χ1v) is 7.00. The minimum absolute atomic E-state index is 0.0450. The predicted octanol–water partition coefficient (Wildman–Crippen LogP) is 2.21. The molecule has 98 valence electrons. The van der Waals surface area contributed by atoms with Crippen molar-refractivity contribution in [3.8, 4) is 11.5 Å². The fourth-order valence-electron chi connectivity index (χ4n) is 2.11. The monoisotopic (exact) mass is 313 g/mol. The topological polar surface area (TPSA) is 50.7 Å². The van der Waals surface area contributed by atoms with E-state index in [1.165, 1.54) is 12.8 Å². The number of aliphatic hydroxyl groups is 1. The third kappa shape index (κ3) is 2.48. The molecular formula is C13H16BrNO3. The average molecular weight is 314 g/mol. The summed E-state index contributed by atoms with van der Waals surface area (Å²) in [7, 11) is 0. The molecule has 0 radical (unpaired) electrons. The van der Waals surface area contributed by atoms with Crippen LogP contribution in [0.25, 0.3) is 0 Å². The molecular weight excluding hydrogens is 298 g/mol. The minimum Gasteiger partial charge on any atom is -0.454 e. The van der Waals surface area contributed by atoms with Gasteiger partial charge in [-0.15, -0.1) is 0 Å². The molecule has 4 nitrogen and oxygen atoms in total. The quantitative estimate of drug-likeness (QED) is 0.875. The maximum absolute atomic E-state index is 9.50. The first-order valence-electron chi connectivity index (χ1n) is 6.21. The normalized spacial score (nSPS) is 19.0. The van der Waals surface area contributed by atoms with Gasteiger partial charge in [-0.2, -0.15) is 0 Å². The van der Waals surface area contributed by atoms with Gasteiger partial charge in [0.15, 0.2) is 11.5 Å². The molecule has 1 atom stereocenters. The van der Waals surface area contributed by atoms with Gasteiger partial charge in [-0.05, 0) is 58.9 Å². The van der Waals surface area contributed by atoms with Crippen molar-refractivity contribution in [2.45, 2.75) is 18.9 Å². The lowest BCUT2D eigenvalue weighted by Crippen LogP contribution is -2.26. The zero-order valence-corrected chi connectivity index (χ0v) is 11.6. The van der Waals surface area contributed by atoms with E-state index in [1.54, 1.807) is 0 Å². The molecule has 1 saturated carbocycles. The minimum atomic E-state index is -0.0450. The molecule has 5 heteroatoms. The Kier molecular flexibility index (Phi) is 3.46. The van der Waals surface area contributed by atoms with Crippen LogP contribution in [0.4, 0.5) is 0 Å². The van der Waals surface area contributed by atoms with E-state index in [2.05, 4.69) is 21.2 Å². The van der Waals surface area contributed by atoms with Gasteiger partial charge in [0.05, 0.1) is 17.1 Å². The van der Waals surface area contributed by atoms with Gasteiger partial charge in [0.2, 0.25) is 6.79 Å². The van der Waals surface area contributed by atoms with Gasteiger partial charge < -0.3 is 19.9 Å². The van der Waals surface area contributed by atoms with Crippen LogP contribution in [-0.2, 0) is 0 Å². The molecule has 1 heterocycles. The van der Waals surface area contributed by atoms with Crippen LogP contribution >= 0.6 is 15.9 Å². The molecule has 1 aromatic rings. The number of hydrogen-bond donors (Lipinski definition) is 2. The average Bonchev–Trinajstić information content (AvgIpc) is 3.06. The lowest BCUT2D eigenvalue weighted by atomic mass is 10.1. The van der Waals surface area contributed by atoms with Gasteiger partial charge >= 0.3 is 0 Å². The van der Waals surface area contributed by atoms with E-state index in [9.17, 15) is 5.11 Å². The molecule has 1 aromatic carbocycles. The summed E-state index contributed by atoms with van der Waals surface area (Å²) < 4.78 is 11.6. The van der Waals surface area contributed by atoms with Crippen LogP contribution in [0, 0.1) is 5.92 Å². The summed E-state index contributed by atoms with van der Waals surface area (Å²) in [6.45, 7) is 1.31. The van der Waals surface area contributed by atoms with Crippen molar-refractivity contribution in [1.82, 2.24) is 5.32 Å². The van der Waals surface area contributed by atoms with E-state index in [0.29, 0.717) is 0 Å². The highest BCUT2D eigenvalue weighted by molar-refractivity contribution is 9.10. The zero-order valence-electron chi connectivity index (χ0n) is 9.99. The molecule has 0 aromatic heterocycles. The van der Waals surface area contributed by atoms with Gasteiger partial charge in [0.1, 0.15) is 0 Å². The highest BCUT2D eigenvalue weighted by Crippen LogP contribution is 2.41. The van der Waals surface area contributed by atoms with E-state index < -0.39 is 0 Å². The van der Waals surface area contributed by atoms with Crippen molar-refractivity contribution >= 4 is 15.9 Å². The van der Waals surface area contributed by atoms with E-state index in [1.807, 2.05) is 12.1 Å². The maximum atomic E-state index is 9.50. The Morgan fingerprint density at radius 3 is 2.94 bits per heavy atom. The van der Waals surface area contributed by atoms with Crippen LogP contribution in [0.15, 0.2) is 16.6 Å². The Morgan fingerprint density at radius 2 is 2.22 bits per heavy atom. The maximum Gasteiger partial charge on any atom is 0.231 e. The predicted molar refractivity (Wildman–Crippen MR) is 70.8 cm³/mol. The van der Waals surface area contributed by atoms with Gasteiger partial charge in [-0.3, -0.25) is 0 Å². The molecule has 2 aliphatic rings. The largest absolute Gasteiger partial charge is 0.454 e. The molecule has 1 unspecified atom stereocenters. The van der Waals surface area contributed by atoms with Crippen molar-refractivity contribution in [1.29, 1.82) is 0 Å². The lowest BCUT2D eigenvalue weighted by Gasteiger charge is -2.17.